The maximum absolute atomic E-state index is 5.98. The lowest BCUT2D eigenvalue weighted by molar-refractivity contribution is 0.0654. The molecule has 0 saturated carbocycles. The largest absolute Gasteiger partial charge is 0.399 e. The Morgan fingerprint density at radius 3 is 2.85 bits per heavy atom. The van der Waals surface area contributed by atoms with Gasteiger partial charge in [0.05, 0.1) is 26.4 Å². The van der Waals surface area contributed by atoms with Gasteiger partial charge in [-0.15, -0.1) is 5.10 Å². The summed E-state index contributed by atoms with van der Waals surface area (Å²) in [5.74, 6) is 0.606. The van der Waals surface area contributed by atoms with Crippen molar-refractivity contribution in [3.05, 3.63) is 23.2 Å². The van der Waals surface area contributed by atoms with Crippen LogP contribution in [0.1, 0.15) is 0 Å². The third-order valence-corrected chi connectivity index (χ3v) is 2.81. The van der Waals surface area contributed by atoms with Gasteiger partial charge < -0.3 is 15.2 Å². The maximum atomic E-state index is 5.98. The Morgan fingerprint density at radius 2 is 2.10 bits per heavy atom. The van der Waals surface area contributed by atoms with E-state index in [4.69, 9.17) is 26.8 Å². The Morgan fingerprint density at radius 1 is 1.25 bits per heavy atom. The van der Waals surface area contributed by atoms with Crippen LogP contribution in [0.4, 0.5) is 5.69 Å². The van der Waals surface area contributed by atoms with E-state index in [1.54, 1.807) is 30.0 Å². The molecule has 0 atom stereocenters. The van der Waals surface area contributed by atoms with Gasteiger partial charge in [0.1, 0.15) is 0 Å². The highest BCUT2D eigenvalue weighted by Crippen LogP contribution is 2.23. The molecule has 2 N–H and O–H groups in total. The van der Waals surface area contributed by atoms with Crippen LogP contribution in [0, 0.1) is 0 Å². The van der Waals surface area contributed by atoms with E-state index in [1.807, 2.05) is 0 Å². The van der Waals surface area contributed by atoms with E-state index in [9.17, 15) is 0 Å². The molecule has 0 unspecified atom stereocenters. The van der Waals surface area contributed by atoms with Crippen LogP contribution in [0.2, 0.25) is 5.02 Å². The molecular formula is C12H16ClN5O2. The van der Waals surface area contributed by atoms with E-state index in [-0.39, 0.29) is 0 Å². The van der Waals surface area contributed by atoms with Crippen molar-refractivity contribution in [1.29, 1.82) is 0 Å². The molecule has 0 bridgehead atoms. The molecule has 0 spiro atoms. The van der Waals surface area contributed by atoms with Crippen LogP contribution in [-0.2, 0) is 16.0 Å². The van der Waals surface area contributed by atoms with Crippen LogP contribution < -0.4 is 5.73 Å². The zero-order chi connectivity index (χ0) is 14.4. The number of hydrogen-bond donors (Lipinski definition) is 1. The number of methoxy groups -OCH3 is 1. The highest BCUT2D eigenvalue weighted by atomic mass is 35.5. The molecule has 0 aliphatic carbocycles. The van der Waals surface area contributed by atoms with Crippen LogP contribution in [0.5, 0.6) is 0 Å². The molecule has 1 aromatic carbocycles. The Kier molecular flexibility index (Phi) is 5.28. The van der Waals surface area contributed by atoms with Gasteiger partial charge in [0, 0.05) is 23.4 Å². The summed E-state index contributed by atoms with van der Waals surface area (Å²) in [7, 11) is 1.63. The van der Waals surface area contributed by atoms with Crippen molar-refractivity contribution >= 4 is 17.3 Å². The van der Waals surface area contributed by atoms with Gasteiger partial charge in [0.25, 0.3) is 0 Å². The second-order valence-electron chi connectivity index (χ2n) is 4.10. The molecule has 0 aliphatic heterocycles. The monoisotopic (exact) mass is 297 g/mol. The third kappa shape index (κ3) is 3.89. The summed E-state index contributed by atoms with van der Waals surface area (Å²) in [6.07, 6.45) is 0. The van der Waals surface area contributed by atoms with E-state index in [2.05, 4.69) is 15.5 Å². The van der Waals surface area contributed by atoms with Gasteiger partial charge in [-0.2, -0.15) is 0 Å². The molecule has 0 amide bonds. The van der Waals surface area contributed by atoms with E-state index >= 15 is 0 Å². The van der Waals surface area contributed by atoms with Crippen LogP contribution in [0.3, 0.4) is 0 Å². The molecule has 1 aromatic heterocycles. The van der Waals surface area contributed by atoms with E-state index in [0.717, 1.165) is 5.56 Å². The van der Waals surface area contributed by atoms with Crippen LogP contribution in [0.15, 0.2) is 18.2 Å². The van der Waals surface area contributed by atoms with Crippen molar-refractivity contribution in [3.63, 3.8) is 0 Å². The summed E-state index contributed by atoms with van der Waals surface area (Å²) >= 11 is 5.98. The predicted molar refractivity (Wildman–Crippen MR) is 75.4 cm³/mol. The van der Waals surface area contributed by atoms with Crippen molar-refractivity contribution in [1.82, 2.24) is 20.2 Å². The lowest BCUT2D eigenvalue weighted by atomic mass is 10.2. The van der Waals surface area contributed by atoms with Crippen molar-refractivity contribution < 1.29 is 9.47 Å². The molecule has 0 aliphatic rings. The van der Waals surface area contributed by atoms with Crippen molar-refractivity contribution in [2.24, 2.45) is 0 Å². The molecule has 7 nitrogen and oxygen atoms in total. The first kappa shape index (κ1) is 14.7. The number of anilines is 1. The van der Waals surface area contributed by atoms with Crippen LogP contribution in [0.25, 0.3) is 11.4 Å². The summed E-state index contributed by atoms with van der Waals surface area (Å²) in [5, 5.41) is 12.1. The summed E-state index contributed by atoms with van der Waals surface area (Å²) in [4.78, 5) is 0. The van der Waals surface area contributed by atoms with Crippen molar-refractivity contribution in [2.75, 3.05) is 32.7 Å². The molecule has 0 saturated heterocycles. The number of nitrogen functional groups attached to an aromatic ring is 1. The van der Waals surface area contributed by atoms with Crippen molar-refractivity contribution in [3.8, 4) is 11.4 Å². The lowest BCUT2D eigenvalue weighted by Crippen LogP contribution is -2.11. The van der Waals surface area contributed by atoms with E-state index in [0.29, 0.717) is 42.9 Å². The first-order chi connectivity index (χ1) is 9.70. The van der Waals surface area contributed by atoms with E-state index < -0.39 is 0 Å². The number of ether oxygens (including phenoxy) is 2. The molecule has 20 heavy (non-hydrogen) atoms. The van der Waals surface area contributed by atoms with Gasteiger partial charge in [-0.1, -0.05) is 11.6 Å². The molecular weight excluding hydrogens is 282 g/mol. The molecule has 2 rings (SSSR count). The fourth-order valence-electron chi connectivity index (χ4n) is 1.70. The Hall–Kier alpha value is -1.70. The summed E-state index contributed by atoms with van der Waals surface area (Å²) in [6.45, 7) is 2.14. The number of tetrazole rings is 1. The normalized spacial score (nSPS) is 10.9. The summed E-state index contributed by atoms with van der Waals surface area (Å²) < 4.78 is 11.9. The highest BCUT2D eigenvalue weighted by molar-refractivity contribution is 6.31. The van der Waals surface area contributed by atoms with Gasteiger partial charge in [-0.25, -0.2) is 4.68 Å². The average Bonchev–Trinajstić information content (AvgIpc) is 2.86. The number of aromatic nitrogens is 4. The number of benzene rings is 1. The quantitative estimate of drug-likeness (QED) is 0.611. The molecule has 0 radical (unpaired) electrons. The third-order valence-electron chi connectivity index (χ3n) is 2.59. The molecule has 1 heterocycles. The van der Waals surface area contributed by atoms with Gasteiger partial charge in [0.15, 0.2) is 5.82 Å². The second-order valence-corrected chi connectivity index (χ2v) is 4.54. The molecule has 2 aromatic rings. The zero-order valence-electron chi connectivity index (χ0n) is 11.1. The smallest absolute Gasteiger partial charge is 0.182 e. The minimum atomic E-state index is 0.497. The maximum Gasteiger partial charge on any atom is 0.182 e. The first-order valence-electron chi connectivity index (χ1n) is 6.10. The number of halogens is 1. The number of rotatable bonds is 7. The fraction of sp³-hybridized carbons (Fsp3) is 0.417. The van der Waals surface area contributed by atoms with Gasteiger partial charge >= 0.3 is 0 Å². The molecule has 108 valence electrons. The van der Waals surface area contributed by atoms with Crippen LogP contribution in [-0.4, -0.2) is 47.1 Å². The Labute approximate surface area is 121 Å². The fourth-order valence-corrected chi connectivity index (χ4v) is 1.94. The van der Waals surface area contributed by atoms with E-state index in [1.165, 1.54) is 0 Å². The second kappa shape index (κ2) is 7.18. The molecule has 0 fully saturated rings. The minimum absolute atomic E-state index is 0.497. The van der Waals surface area contributed by atoms with Gasteiger partial charge in [0.2, 0.25) is 0 Å². The zero-order valence-corrected chi connectivity index (χ0v) is 11.9. The summed E-state index contributed by atoms with van der Waals surface area (Å²) in [6, 6.07) is 5.22. The van der Waals surface area contributed by atoms with Gasteiger partial charge in [-0.3, -0.25) is 0 Å². The first-order valence-corrected chi connectivity index (χ1v) is 6.48. The highest BCUT2D eigenvalue weighted by Gasteiger charge is 2.10. The topological polar surface area (TPSA) is 88.1 Å². The average molecular weight is 298 g/mol. The van der Waals surface area contributed by atoms with Crippen LogP contribution >= 0.6 is 11.6 Å². The van der Waals surface area contributed by atoms with Gasteiger partial charge in [-0.05, 0) is 28.6 Å². The van der Waals surface area contributed by atoms with Crippen molar-refractivity contribution in [2.45, 2.75) is 6.54 Å². The summed E-state index contributed by atoms with van der Waals surface area (Å²) in [5.41, 5.74) is 7.11. The number of nitrogens with two attached hydrogens (primary N) is 1. The number of nitrogens with zero attached hydrogens (tertiary/aromatic N) is 4. The minimum Gasteiger partial charge on any atom is -0.399 e. The Bertz CT molecular complexity index is 540. The number of hydrogen-bond acceptors (Lipinski definition) is 6. The lowest BCUT2D eigenvalue weighted by Gasteiger charge is -2.06. The SMILES string of the molecule is COCCOCCn1nnnc1-c1cc(N)cc(Cl)c1. The predicted octanol–water partition coefficient (Wildman–Crippen LogP) is 1.24. The standard InChI is InChI=1S/C12H16ClN5O2/c1-19-4-5-20-3-2-18-12(15-16-17-18)9-6-10(13)8-11(14)7-9/h6-8H,2-5,14H2,1H3. The Balaban J connectivity index is 2.04. The molecule has 8 heteroatoms.